The summed E-state index contributed by atoms with van der Waals surface area (Å²) in [6.07, 6.45) is 10.7. The minimum Gasteiger partial charge on any atom is -0.206 e. The van der Waals surface area contributed by atoms with Crippen molar-refractivity contribution < 1.29 is 13.2 Å². The van der Waals surface area contributed by atoms with Gasteiger partial charge in [-0.3, -0.25) is 0 Å². The van der Waals surface area contributed by atoms with Gasteiger partial charge in [0.05, 0.1) is 0 Å². The summed E-state index contributed by atoms with van der Waals surface area (Å²) >= 11 is 0. The Morgan fingerprint density at radius 3 is 2.43 bits per heavy atom. The smallest absolute Gasteiger partial charge is 0.144 e. The van der Waals surface area contributed by atoms with Crippen molar-refractivity contribution in [2.45, 2.75) is 70.6 Å². The van der Waals surface area contributed by atoms with Crippen LogP contribution in [-0.2, 0) is 6.42 Å². The molecular weight excluding hydrogens is 383 g/mol. The van der Waals surface area contributed by atoms with Crippen LogP contribution in [0.25, 0.3) is 11.1 Å². The molecule has 0 aromatic heterocycles. The predicted molar refractivity (Wildman–Crippen MR) is 113 cm³/mol. The highest BCUT2D eigenvalue weighted by atomic mass is 19.1. The molecule has 0 amide bonds. The van der Waals surface area contributed by atoms with E-state index in [1.807, 2.05) is 0 Å². The summed E-state index contributed by atoms with van der Waals surface area (Å²) in [6.45, 7) is 2.23. The van der Waals surface area contributed by atoms with Crippen molar-refractivity contribution in [2.24, 2.45) is 11.8 Å². The zero-order valence-electron chi connectivity index (χ0n) is 17.5. The van der Waals surface area contributed by atoms with E-state index < -0.39 is 23.0 Å². The average Bonchev–Trinajstić information content (AvgIpc) is 2.73. The van der Waals surface area contributed by atoms with E-state index >= 15 is 4.39 Å². The second kappa shape index (κ2) is 8.84. The maximum absolute atomic E-state index is 15.0. The van der Waals surface area contributed by atoms with E-state index in [-0.39, 0.29) is 11.1 Å². The Kier molecular flexibility index (Phi) is 6.18. The van der Waals surface area contributed by atoms with Gasteiger partial charge in [-0.05, 0) is 90.8 Å². The summed E-state index contributed by atoms with van der Waals surface area (Å²) in [5.74, 6) is -0.532. The van der Waals surface area contributed by atoms with Crippen molar-refractivity contribution in [1.29, 1.82) is 5.26 Å². The molecule has 0 unspecified atom stereocenters. The number of halogens is 3. The number of nitrogens with zero attached hydrogens (tertiary/aromatic N) is 1. The largest absolute Gasteiger partial charge is 0.206 e. The Morgan fingerprint density at radius 1 is 0.967 bits per heavy atom. The van der Waals surface area contributed by atoms with Crippen LogP contribution < -0.4 is 0 Å². The first-order valence-electron chi connectivity index (χ1n) is 11.2. The van der Waals surface area contributed by atoms with E-state index in [0.29, 0.717) is 11.8 Å². The Morgan fingerprint density at radius 2 is 1.73 bits per heavy atom. The number of unbranched alkanes of at least 4 members (excludes halogenated alkanes) is 2. The third-order valence-electron chi connectivity index (χ3n) is 7.18. The number of aryl methyl sites for hydroxylation is 1. The molecule has 2 aliphatic carbocycles. The van der Waals surface area contributed by atoms with Gasteiger partial charge in [-0.15, -0.1) is 0 Å². The lowest BCUT2D eigenvalue weighted by atomic mass is 9.64. The van der Waals surface area contributed by atoms with Gasteiger partial charge in [-0.25, -0.2) is 13.2 Å². The summed E-state index contributed by atoms with van der Waals surface area (Å²) in [5.41, 5.74) is 1.92. The molecule has 0 saturated heterocycles. The molecule has 2 aromatic rings. The molecule has 0 heterocycles. The van der Waals surface area contributed by atoms with Gasteiger partial charge in [0.15, 0.2) is 0 Å². The van der Waals surface area contributed by atoms with Gasteiger partial charge in [0.25, 0.3) is 0 Å². The Labute approximate surface area is 176 Å². The predicted octanol–water partition coefficient (Wildman–Crippen LogP) is 7.67. The maximum Gasteiger partial charge on any atom is 0.144 e. The van der Waals surface area contributed by atoms with Crippen LogP contribution in [0.1, 0.15) is 80.9 Å². The molecule has 0 N–H and O–H groups in total. The van der Waals surface area contributed by atoms with Gasteiger partial charge in [-0.2, -0.15) is 5.26 Å². The number of hydrogen-bond acceptors (Lipinski definition) is 1. The molecule has 1 saturated carbocycles. The molecule has 2 aliphatic rings. The fourth-order valence-electron chi connectivity index (χ4n) is 5.63. The van der Waals surface area contributed by atoms with E-state index in [1.165, 1.54) is 44.6 Å². The van der Waals surface area contributed by atoms with Crippen LogP contribution in [0.4, 0.5) is 13.2 Å². The molecule has 3 atom stereocenters. The monoisotopic (exact) mass is 411 g/mol. The highest BCUT2D eigenvalue weighted by molar-refractivity contribution is 5.67. The maximum atomic E-state index is 15.0. The second-order valence-electron chi connectivity index (χ2n) is 9.04. The van der Waals surface area contributed by atoms with Crippen molar-refractivity contribution in [3.05, 3.63) is 58.4 Å². The van der Waals surface area contributed by atoms with Crippen LogP contribution in [-0.4, -0.2) is 0 Å². The number of nitriles is 1. The fraction of sp³-hybridized carbons (Fsp3) is 0.500. The van der Waals surface area contributed by atoms with Gasteiger partial charge >= 0.3 is 0 Å². The highest BCUT2D eigenvalue weighted by Crippen LogP contribution is 2.49. The van der Waals surface area contributed by atoms with Crippen molar-refractivity contribution in [2.75, 3.05) is 0 Å². The minimum atomic E-state index is -0.953. The molecule has 158 valence electrons. The molecule has 1 nitrogen and oxygen atoms in total. The molecule has 30 heavy (non-hydrogen) atoms. The zero-order chi connectivity index (χ0) is 21.3. The summed E-state index contributed by atoms with van der Waals surface area (Å²) in [7, 11) is 0. The van der Waals surface area contributed by atoms with E-state index in [1.54, 1.807) is 12.1 Å². The topological polar surface area (TPSA) is 23.8 Å². The molecule has 0 bridgehead atoms. The summed E-state index contributed by atoms with van der Waals surface area (Å²) in [6, 6.07) is 7.00. The van der Waals surface area contributed by atoms with Gasteiger partial charge in [0.1, 0.15) is 29.1 Å². The minimum absolute atomic E-state index is 0.144. The zero-order valence-corrected chi connectivity index (χ0v) is 17.5. The molecule has 4 heteroatoms. The van der Waals surface area contributed by atoms with Gasteiger partial charge in [0.2, 0.25) is 0 Å². The van der Waals surface area contributed by atoms with E-state index in [9.17, 15) is 8.78 Å². The first-order chi connectivity index (χ1) is 14.5. The van der Waals surface area contributed by atoms with E-state index in [0.717, 1.165) is 48.4 Å². The quantitative estimate of drug-likeness (QED) is 0.463. The van der Waals surface area contributed by atoms with Crippen LogP contribution in [0.3, 0.4) is 0 Å². The first kappa shape index (κ1) is 21.0. The van der Waals surface area contributed by atoms with Crippen molar-refractivity contribution >= 4 is 0 Å². The number of rotatable bonds is 5. The van der Waals surface area contributed by atoms with Gasteiger partial charge in [0, 0.05) is 5.56 Å². The lowest BCUT2D eigenvalue weighted by Gasteiger charge is -2.41. The van der Waals surface area contributed by atoms with Crippen molar-refractivity contribution in [3.63, 3.8) is 0 Å². The summed E-state index contributed by atoms with van der Waals surface area (Å²) < 4.78 is 43.1. The molecule has 1 fully saturated rings. The summed E-state index contributed by atoms with van der Waals surface area (Å²) in [5, 5.41) is 8.86. The Bertz CT molecular complexity index is 952. The van der Waals surface area contributed by atoms with Gasteiger partial charge in [-0.1, -0.05) is 32.6 Å². The highest BCUT2D eigenvalue weighted by Gasteiger charge is 2.35. The molecule has 2 aromatic carbocycles. The number of fused-ring (bicyclic) bond motifs is 3. The van der Waals surface area contributed by atoms with E-state index in [2.05, 4.69) is 6.92 Å². The van der Waals surface area contributed by atoms with Crippen LogP contribution >= 0.6 is 0 Å². The fourth-order valence-corrected chi connectivity index (χ4v) is 5.63. The first-order valence-corrected chi connectivity index (χ1v) is 11.2. The van der Waals surface area contributed by atoms with E-state index in [4.69, 9.17) is 5.26 Å². The number of benzene rings is 2. The van der Waals surface area contributed by atoms with Crippen LogP contribution in [0.15, 0.2) is 24.3 Å². The lowest BCUT2D eigenvalue weighted by molar-refractivity contribution is 0.199. The molecule has 4 rings (SSSR count). The molecule has 0 aliphatic heterocycles. The normalized spacial score (nSPS) is 22.8. The second-order valence-corrected chi connectivity index (χ2v) is 9.04. The number of hydrogen-bond donors (Lipinski definition) is 0. The van der Waals surface area contributed by atoms with Gasteiger partial charge < -0.3 is 0 Å². The van der Waals surface area contributed by atoms with Crippen molar-refractivity contribution in [3.8, 4) is 17.2 Å². The van der Waals surface area contributed by atoms with Crippen LogP contribution in [0, 0.1) is 40.6 Å². The standard InChI is InChI=1S/C26H28F3N/c1-2-3-4-5-16-6-9-20-17(10-16)7-8-18-11-22(26(29)14-21(18)20)19-12-24(27)23(15-30)25(28)13-19/h11-14,16-17,20H,2-10H2,1H3/t16-,17+,20+/m1/s1. The third kappa shape index (κ3) is 4.00. The van der Waals surface area contributed by atoms with Crippen LogP contribution in [0.5, 0.6) is 0 Å². The van der Waals surface area contributed by atoms with Crippen molar-refractivity contribution in [1.82, 2.24) is 0 Å². The molecular formula is C26H28F3N. The van der Waals surface area contributed by atoms with Crippen LogP contribution in [0.2, 0.25) is 0 Å². The average molecular weight is 412 g/mol. The molecule has 0 spiro atoms. The SMILES string of the molecule is CCCCC[C@@H]1CC[C@@H]2c3cc(F)c(-c4cc(F)c(C#N)c(F)c4)cc3CC[C@H]2C1. The lowest BCUT2D eigenvalue weighted by Crippen LogP contribution is -2.28. The third-order valence-corrected chi connectivity index (χ3v) is 7.18. The summed E-state index contributed by atoms with van der Waals surface area (Å²) in [4.78, 5) is 0. The Balaban J connectivity index is 1.58. The molecule has 0 radical (unpaired) electrons. The Hall–Kier alpha value is -2.28.